The van der Waals surface area contributed by atoms with Crippen LogP contribution < -0.4 is 25.0 Å². The summed E-state index contributed by atoms with van der Waals surface area (Å²) >= 11 is 0. The molecule has 0 atom stereocenters. The number of carbonyl (C=O) groups is 2. The van der Waals surface area contributed by atoms with E-state index in [0.717, 1.165) is 0 Å². The van der Waals surface area contributed by atoms with Crippen LogP contribution in [0.25, 0.3) is 0 Å². The number of nitro benzene ring substituents is 1. The number of anilines is 5. The monoisotopic (exact) mass is 522 g/mol. The molecule has 2 amide bonds. The van der Waals surface area contributed by atoms with Gasteiger partial charge in [-0.1, -0.05) is 6.07 Å². The molecule has 3 aromatic rings. The van der Waals surface area contributed by atoms with Crippen LogP contribution in [0.3, 0.4) is 0 Å². The highest BCUT2D eigenvalue weighted by Crippen LogP contribution is 2.41. The zero-order chi connectivity index (χ0) is 27.6. The van der Waals surface area contributed by atoms with Gasteiger partial charge in [0.05, 0.1) is 30.5 Å². The fourth-order valence-corrected chi connectivity index (χ4v) is 3.67. The summed E-state index contributed by atoms with van der Waals surface area (Å²) in [5.41, 5.74) is -0.801. The van der Waals surface area contributed by atoms with Crippen LogP contribution in [0.15, 0.2) is 42.6 Å². The molecule has 4 rings (SSSR count). The number of benzene rings is 1. The molecule has 0 unspecified atom stereocenters. The van der Waals surface area contributed by atoms with Crippen molar-refractivity contribution < 1.29 is 24.0 Å². The van der Waals surface area contributed by atoms with Gasteiger partial charge in [-0.2, -0.15) is 9.97 Å². The zero-order valence-corrected chi connectivity index (χ0v) is 21.4. The van der Waals surface area contributed by atoms with Crippen LogP contribution >= 0.6 is 0 Å². The standard InChI is InChI=1S/C24H26N8O6/c1-24(2)22(34)31(14-7-6-8-15(11-14)32(35)36)20-17(38-24)12-25-23(29-20)26-16-9-10-18(28-21(16)37-5)27-19(33)13-30(3)4/h6-12H,13H2,1-5H3,(H,25,26,29)(H,27,28,33). The number of non-ortho nitro benzene ring substituents is 1. The fraction of sp³-hybridized carbons (Fsp3) is 0.292. The van der Waals surface area contributed by atoms with Gasteiger partial charge >= 0.3 is 0 Å². The second-order valence-electron chi connectivity index (χ2n) is 9.08. The van der Waals surface area contributed by atoms with Crippen LogP contribution in [0.5, 0.6) is 11.6 Å². The number of pyridine rings is 1. The van der Waals surface area contributed by atoms with Crippen LogP contribution in [0.1, 0.15) is 13.8 Å². The van der Waals surface area contributed by atoms with Crippen molar-refractivity contribution in [2.24, 2.45) is 0 Å². The maximum absolute atomic E-state index is 13.3. The van der Waals surface area contributed by atoms with Crippen molar-refractivity contribution in [1.82, 2.24) is 19.9 Å². The van der Waals surface area contributed by atoms with Crippen LogP contribution in [-0.2, 0) is 9.59 Å². The van der Waals surface area contributed by atoms with Gasteiger partial charge in [-0.25, -0.2) is 4.98 Å². The lowest BCUT2D eigenvalue weighted by molar-refractivity contribution is -0.384. The molecule has 0 saturated carbocycles. The number of amides is 2. The summed E-state index contributed by atoms with van der Waals surface area (Å²) in [7, 11) is 4.98. The summed E-state index contributed by atoms with van der Waals surface area (Å²) in [6.07, 6.45) is 1.40. The highest BCUT2D eigenvalue weighted by atomic mass is 16.6. The third kappa shape index (κ3) is 5.44. The van der Waals surface area contributed by atoms with E-state index in [1.807, 2.05) is 0 Å². The van der Waals surface area contributed by atoms with Crippen molar-refractivity contribution in [3.05, 3.63) is 52.7 Å². The van der Waals surface area contributed by atoms with Crippen molar-refractivity contribution in [2.75, 3.05) is 43.3 Å². The number of rotatable bonds is 8. The number of nitrogens with one attached hydrogen (secondary N) is 2. The molecule has 1 aliphatic rings. The first-order valence-corrected chi connectivity index (χ1v) is 11.4. The summed E-state index contributed by atoms with van der Waals surface area (Å²) < 4.78 is 11.2. The number of nitro groups is 1. The van der Waals surface area contributed by atoms with E-state index >= 15 is 0 Å². The molecule has 0 radical (unpaired) electrons. The molecule has 0 saturated heterocycles. The lowest BCUT2D eigenvalue weighted by Gasteiger charge is -2.37. The number of likely N-dealkylation sites (N-methyl/N-ethyl adjacent to an activating group) is 1. The molecule has 0 spiro atoms. The third-order valence-electron chi connectivity index (χ3n) is 5.36. The normalized spacial score (nSPS) is 13.9. The van der Waals surface area contributed by atoms with E-state index in [9.17, 15) is 19.7 Å². The minimum Gasteiger partial charge on any atom is -0.479 e. The molecule has 38 heavy (non-hydrogen) atoms. The van der Waals surface area contributed by atoms with Gasteiger partial charge in [0.25, 0.3) is 11.6 Å². The highest BCUT2D eigenvalue weighted by molar-refractivity contribution is 6.07. The lowest BCUT2D eigenvalue weighted by Crippen LogP contribution is -2.51. The summed E-state index contributed by atoms with van der Waals surface area (Å²) in [5.74, 6) is 0.160. The fourth-order valence-electron chi connectivity index (χ4n) is 3.67. The number of methoxy groups -OCH3 is 1. The first-order chi connectivity index (χ1) is 18.0. The Morgan fingerprint density at radius 1 is 1.24 bits per heavy atom. The van der Waals surface area contributed by atoms with E-state index in [-0.39, 0.29) is 47.2 Å². The molecule has 14 nitrogen and oxygen atoms in total. The number of aromatic nitrogens is 3. The van der Waals surface area contributed by atoms with Crippen molar-refractivity contribution in [2.45, 2.75) is 19.4 Å². The Balaban J connectivity index is 1.68. The second kappa shape index (κ2) is 10.3. The molecular weight excluding hydrogens is 496 g/mol. The van der Waals surface area contributed by atoms with Crippen molar-refractivity contribution in [3.8, 4) is 11.6 Å². The lowest BCUT2D eigenvalue weighted by atomic mass is 10.0. The van der Waals surface area contributed by atoms with Gasteiger partial charge in [0.2, 0.25) is 17.7 Å². The molecule has 0 fully saturated rings. The van der Waals surface area contributed by atoms with Gasteiger partial charge < -0.3 is 25.0 Å². The van der Waals surface area contributed by atoms with E-state index in [1.165, 1.54) is 36.4 Å². The molecule has 3 heterocycles. The summed E-state index contributed by atoms with van der Waals surface area (Å²) in [6, 6.07) is 8.89. The largest absolute Gasteiger partial charge is 0.479 e. The molecule has 0 aliphatic carbocycles. The maximum atomic E-state index is 13.3. The first kappa shape index (κ1) is 26.2. The topological polar surface area (TPSA) is 165 Å². The average molecular weight is 523 g/mol. The molecule has 1 aromatic carbocycles. The summed E-state index contributed by atoms with van der Waals surface area (Å²) in [5, 5.41) is 17.0. The molecule has 14 heteroatoms. The number of carbonyl (C=O) groups excluding carboxylic acids is 2. The van der Waals surface area contributed by atoms with Gasteiger partial charge in [0, 0.05) is 12.1 Å². The molecule has 2 aromatic heterocycles. The Labute approximate surface area is 217 Å². The zero-order valence-electron chi connectivity index (χ0n) is 21.4. The van der Waals surface area contributed by atoms with Crippen LogP contribution in [0.2, 0.25) is 0 Å². The summed E-state index contributed by atoms with van der Waals surface area (Å²) in [6.45, 7) is 3.36. The maximum Gasteiger partial charge on any atom is 0.276 e. The van der Waals surface area contributed by atoms with Gasteiger partial charge in [0.1, 0.15) is 11.5 Å². The highest BCUT2D eigenvalue weighted by Gasteiger charge is 2.43. The SMILES string of the molecule is COc1nc(NC(=O)CN(C)C)ccc1Nc1ncc2c(n1)N(c1cccc([N+](=O)[O-])c1)C(=O)C(C)(C)O2. The van der Waals surface area contributed by atoms with E-state index in [2.05, 4.69) is 25.6 Å². The van der Waals surface area contributed by atoms with Crippen molar-refractivity contribution in [1.29, 1.82) is 0 Å². The average Bonchev–Trinajstić information content (AvgIpc) is 2.85. The van der Waals surface area contributed by atoms with Gasteiger partial charge in [-0.05, 0) is 46.1 Å². The molecule has 198 valence electrons. The van der Waals surface area contributed by atoms with Crippen LogP contribution in [0, 0.1) is 10.1 Å². The molecule has 2 N–H and O–H groups in total. The predicted octanol–water partition coefficient (Wildman–Crippen LogP) is 2.87. The van der Waals surface area contributed by atoms with Gasteiger partial charge in [0.15, 0.2) is 17.2 Å². The second-order valence-corrected chi connectivity index (χ2v) is 9.08. The van der Waals surface area contributed by atoms with Crippen LogP contribution in [-0.4, -0.2) is 69.9 Å². The Morgan fingerprint density at radius 3 is 2.68 bits per heavy atom. The van der Waals surface area contributed by atoms with Crippen molar-refractivity contribution in [3.63, 3.8) is 0 Å². The van der Waals surface area contributed by atoms with E-state index in [0.29, 0.717) is 11.5 Å². The molecule has 0 bridgehead atoms. The number of hydrogen-bond acceptors (Lipinski definition) is 11. The van der Waals surface area contributed by atoms with E-state index < -0.39 is 16.4 Å². The predicted molar refractivity (Wildman–Crippen MR) is 138 cm³/mol. The summed E-state index contributed by atoms with van der Waals surface area (Å²) in [4.78, 5) is 52.2. The molecular formula is C24H26N8O6. The van der Waals surface area contributed by atoms with Gasteiger partial charge in [-0.3, -0.25) is 24.6 Å². The smallest absolute Gasteiger partial charge is 0.276 e. The van der Waals surface area contributed by atoms with E-state index in [1.54, 1.807) is 51.0 Å². The minimum absolute atomic E-state index is 0.0831. The van der Waals surface area contributed by atoms with Crippen molar-refractivity contribution >= 4 is 46.5 Å². The van der Waals surface area contributed by atoms with E-state index in [4.69, 9.17) is 9.47 Å². The number of fused-ring (bicyclic) bond motifs is 1. The quantitative estimate of drug-likeness (QED) is 0.330. The number of ether oxygens (including phenoxy) is 2. The Kier molecular flexibility index (Phi) is 7.08. The first-order valence-electron chi connectivity index (χ1n) is 11.4. The number of hydrogen-bond donors (Lipinski definition) is 2. The van der Waals surface area contributed by atoms with Gasteiger partial charge in [-0.15, -0.1) is 0 Å². The number of nitrogens with zero attached hydrogens (tertiary/aromatic N) is 6. The Bertz CT molecular complexity index is 1410. The Morgan fingerprint density at radius 2 is 2.00 bits per heavy atom. The Hall–Kier alpha value is -4.85. The minimum atomic E-state index is -1.27. The molecule has 1 aliphatic heterocycles. The third-order valence-corrected chi connectivity index (χ3v) is 5.36. The van der Waals surface area contributed by atoms with Crippen LogP contribution in [0.4, 0.5) is 34.6 Å².